The van der Waals surface area contributed by atoms with Crippen LogP contribution >= 0.6 is 22.7 Å². The number of amides is 1. The number of nitrogens with zero attached hydrogens (tertiary/aromatic N) is 5. The highest BCUT2D eigenvalue weighted by atomic mass is 32.1. The molecule has 9 nitrogen and oxygen atoms in total. The van der Waals surface area contributed by atoms with Gasteiger partial charge in [-0.3, -0.25) is 9.48 Å². The van der Waals surface area contributed by atoms with Gasteiger partial charge < -0.3 is 19.5 Å². The number of thiophene rings is 1. The van der Waals surface area contributed by atoms with Crippen molar-refractivity contribution in [1.29, 1.82) is 0 Å². The number of pyridine rings is 1. The number of fused-ring (bicyclic) bond motifs is 2. The van der Waals surface area contributed by atoms with Crippen molar-refractivity contribution in [3.05, 3.63) is 71.1 Å². The first-order valence-electron chi connectivity index (χ1n) is 13.4. The summed E-state index contributed by atoms with van der Waals surface area (Å²) in [5, 5.41) is 17.4. The Balaban J connectivity index is 1.57. The molecule has 0 fully saturated rings. The minimum absolute atomic E-state index is 0.0287. The monoisotopic (exact) mass is 605 g/mol. The number of benzene rings is 1. The number of thiazole rings is 1. The highest BCUT2D eigenvalue weighted by Crippen LogP contribution is 2.47. The second-order valence-electron chi connectivity index (χ2n) is 9.65. The normalized spacial score (nSPS) is 13.0. The van der Waals surface area contributed by atoms with E-state index < -0.39 is 5.82 Å². The summed E-state index contributed by atoms with van der Waals surface area (Å²) in [5.74, 6) is -0.133. The van der Waals surface area contributed by atoms with Crippen molar-refractivity contribution >= 4 is 38.7 Å². The topological polar surface area (TPSA) is 103 Å². The number of methoxy groups -OCH3 is 1. The van der Waals surface area contributed by atoms with E-state index in [0.29, 0.717) is 54.7 Å². The first kappa shape index (κ1) is 28.2. The predicted molar refractivity (Wildman–Crippen MR) is 161 cm³/mol. The molecule has 6 rings (SSSR count). The van der Waals surface area contributed by atoms with Gasteiger partial charge in [-0.2, -0.15) is 5.10 Å². The molecule has 0 spiro atoms. The lowest BCUT2D eigenvalue weighted by atomic mass is 9.99. The lowest BCUT2D eigenvalue weighted by molar-refractivity contribution is -0.126. The Morgan fingerprint density at radius 1 is 1.24 bits per heavy atom. The van der Waals surface area contributed by atoms with Gasteiger partial charge in [0.25, 0.3) is 0 Å². The number of carbonyl (C=O) groups is 1. The van der Waals surface area contributed by atoms with E-state index in [1.807, 2.05) is 17.6 Å². The molecule has 0 aliphatic carbocycles. The molecule has 1 aliphatic heterocycles. The maximum Gasteiger partial charge on any atom is 0.246 e. The zero-order valence-electron chi connectivity index (χ0n) is 22.9. The van der Waals surface area contributed by atoms with Crippen LogP contribution in [0.25, 0.3) is 43.2 Å². The van der Waals surface area contributed by atoms with Crippen LogP contribution in [-0.4, -0.2) is 69.1 Å². The Morgan fingerprint density at radius 3 is 2.93 bits per heavy atom. The predicted octanol–water partition coefficient (Wildman–Crippen LogP) is 5.18. The smallest absolute Gasteiger partial charge is 0.246 e. The SMILES string of the molecule is C=CC(=O)N1CCc2nc(-c3nc(-c4cnn(CCO)c4)c4ccsc4c3-c3ccc(F)cc3OCCOC)sc2C1. The second-order valence-corrected chi connectivity index (χ2v) is 11.6. The van der Waals surface area contributed by atoms with Crippen molar-refractivity contribution in [1.82, 2.24) is 24.6 Å². The Kier molecular flexibility index (Phi) is 8.11. The molecule has 4 aromatic heterocycles. The van der Waals surface area contributed by atoms with Gasteiger partial charge in [0.05, 0.1) is 43.9 Å². The molecule has 5 heterocycles. The minimum Gasteiger partial charge on any atom is -0.490 e. The molecule has 0 radical (unpaired) electrons. The first-order chi connectivity index (χ1) is 20.5. The Bertz CT molecular complexity index is 1780. The molecule has 12 heteroatoms. The van der Waals surface area contributed by atoms with Crippen molar-refractivity contribution in [2.75, 3.05) is 33.5 Å². The summed E-state index contributed by atoms with van der Waals surface area (Å²) in [4.78, 5) is 25.3. The molecule has 1 aliphatic rings. The number of aliphatic hydroxyl groups is 1. The maximum absolute atomic E-state index is 14.5. The summed E-state index contributed by atoms with van der Waals surface area (Å²) >= 11 is 3.06. The van der Waals surface area contributed by atoms with Gasteiger partial charge in [-0.25, -0.2) is 14.4 Å². The van der Waals surface area contributed by atoms with E-state index in [1.165, 1.54) is 29.5 Å². The second kappa shape index (κ2) is 12.1. The molecule has 0 saturated carbocycles. The molecule has 0 bridgehead atoms. The average Bonchev–Trinajstić information content (AvgIpc) is 3.76. The van der Waals surface area contributed by atoms with E-state index in [2.05, 4.69) is 11.7 Å². The van der Waals surface area contributed by atoms with Crippen LogP contribution in [0.1, 0.15) is 10.6 Å². The van der Waals surface area contributed by atoms with Crippen molar-refractivity contribution < 1.29 is 23.8 Å². The maximum atomic E-state index is 14.5. The highest BCUT2D eigenvalue weighted by Gasteiger charge is 2.28. The van der Waals surface area contributed by atoms with Gasteiger partial charge >= 0.3 is 0 Å². The molecule has 216 valence electrons. The van der Waals surface area contributed by atoms with Gasteiger partial charge in [0.15, 0.2) is 0 Å². The van der Waals surface area contributed by atoms with Crippen LogP contribution in [-0.2, 0) is 29.0 Å². The molecule has 42 heavy (non-hydrogen) atoms. The van der Waals surface area contributed by atoms with Crippen LogP contribution in [0.2, 0.25) is 0 Å². The number of hydrogen-bond donors (Lipinski definition) is 1. The van der Waals surface area contributed by atoms with Gasteiger partial charge in [-0.15, -0.1) is 22.7 Å². The molecule has 0 saturated heterocycles. The number of ether oxygens (including phenoxy) is 2. The lowest BCUT2D eigenvalue weighted by Crippen LogP contribution is -2.34. The van der Waals surface area contributed by atoms with Crippen LogP contribution in [0, 0.1) is 5.82 Å². The zero-order chi connectivity index (χ0) is 29.2. The van der Waals surface area contributed by atoms with E-state index in [4.69, 9.17) is 19.4 Å². The number of aliphatic hydroxyl groups excluding tert-OH is 1. The summed E-state index contributed by atoms with van der Waals surface area (Å²) in [6.45, 7) is 5.60. The summed E-state index contributed by atoms with van der Waals surface area (Å²) in [5.41, 5.74) is 4.61. The average molecular weight is 606 g/mol. The number of aromatic nitrogens is 4. The molecular weight excluding hydrogens is 577 g/mol. The first-order valence-corrected chi connectivity index (χ1v) is 15.1. The van der Waals surface area contributed by atoms with E-state index >= 15 is 0 Å². The number of halogens is 1. The van der Waals surface area contributed by atoms with Crippen LogP contribution in [0.15, 0.2) is 54.7 Å². The Hall–Kier alpha value is -3.97. The van der Waals surface area contributed by atoms with Crippen LogP contribution in [0.3, 0.4) is 0 Å². The summed E-state index contributed by atoms with van der Waals surface area (Å²) in [6, 6.07) is 6.53. The van der Waals surface area contributed by atoms with Crippen molar-refractivity contribution in [2.24, 2.45) is 0 Å². The van der Waals surface area contributed by atoms with Crippen LogP contribution < -0.4 is 4.74 Å². The quantitative estimate of drug-likeness (QED) is 0.173. The van der Waals surface area contributed by atoms with Crippen molar-refractivity contribution in [2.45, 2.75) is 19.5 Å². The van der Waals surface area contributed by atoms with Crippen molar-refractivity contribution in [3.8, 4) is 38.8 Å². The molecule has 0 unspecified atom stereocenters. The standard InChI is InChI=1S/C30H28FN5O4S2/c1-3-25(38)35-8-6-22-24(17-35)42-30(33-22)28-26(20-5-4-19(31)14-23(20)40-12-11-39-2)29-21(7-13-41-29)27(34-28)18-15-32-36(16-18)9-10-37/h3-5,7,13-16,37H,1,6,8-12,17H2,2H3. The van der Waals surface area contributed by atoms with E-state index in [-0.39, 0.29) is 19.1 Å². The fourth-order valence-electron chi connectivity index (χ4n) is 5.03. The molecule has 1 aromatic carbocycles. The summed E-state index contributed by atoms with van der Waals surface area (Å²) in [7, 11) is 1.59. The third-order valence-electron chi connectivity index (χ3n) is 7.02. The molecule has 0 atom stereocenters. The fourth-order valence-corrected chi connectivity index (χ4v) is 7.11. The van der Waals surface area contributed by atoms with Gasteiger partial charge in [-0.05, 0) is 29.7 Å². The molecule has 5 aromatic rings. The minimum atomic E-state index is -0.410. The number of hydrogen-bond acceptors (Lipinski definition) is 9. The molecule has 1 N–H and O–H groups in total. The number of carbonyl (C=O) groups excluding carboxylic acids is 1. The van der Waals surface area contributed by atoms with Crippen LogP contribution in [0.5, 0.6) is 5.75 Å². The van der Waals surface area contributed by atoms with Crippen molar-refractivity contribution in [3.63, 3.8) is 0 Å². The highest BCUT2D eigenvalue weighted by molar-refractivity contribution is 7.18. The van der Waals surface area contributed by atoms with E-state index in [1.54, 1.807) is 40.3 Å². The van der Waals surface area contributed by atoms with Crippen LogP contribution in [0.4, 0.5) is 4.39 Å². The number of rotatable bonds is 10. The van der Waals surface area contributed by atoms with Gasteiger partial charge in [0, 0.05) is 64.0 Å². The molecular formula is C30H28FN5O4S2. The summed E-state index contributed by atoms with van der Waals surface area (Å²) < 4.78 is 28.3. The van der Waals surface area contributed by atoms with Gasteiger partial charge in [-0.1, -0.05) is 6.58 Å². The van der Waals surface area contributed by atoms with Gasteiger partial charge in [0.2, 0.25) is 5.91 Å². The summed E-state index contributed by atoms with van der Waals surface area (Å²) in [6.07, 6.45) is 5.56. The Morgan fingerprint density at radius 2 is 2.12 bits per heavy atom. The van der Waals surface area contributed by atoms with E-state index in [9.17, 15) is 14.3 Å². The zero-order valence-corrected chi connectivity index (χ0v) is 24.5. The third-order valence-corrected chi connectivity index (χ3v) is 9.04. The lowest BCUT2D eigenvalue weighted by Gasteiger charge is -2.24. The third kappa shape index (κ3) is 5.34. The largest absolute Gasteiger partial charge is 0.490 e. The van der Waals surface area contributed by atoms with Gasteiger partial charge in [0.1, 0.15) is 28.9 Å². The Labute approximate surface area is 249 Å². The fraction of sp³-hybridized carbons (Fsp3) is 0.267. The van der Waals surface area contributed by atoms with E-state index in [0.717, 1.165) is 37.5 Å². The molecule has 1 amide bonds.